The summed E-state index contributed by atoms with van der Waals surface area (Å²) in [6.07, 6.45) is -3.77. The molecule has 24 heteroatoms. The third-order valence-electron chi connectivity index (χ3n) is 8.62. The van der Waals surface area contributed by atoms with E-state index in [-0.39, 0.29) is 19.8 Å². The Morgan fingerprint density at radius 2 is 1.56 bits per heavy atom. The van der Waals surface area contributed by atoms with Gasteiger partial charge in [-0.05, 0) is 49.7 Å². The Hall–Kier alpha value is -3.38. The summed E-state index contributed by atoms with van der Waals surface area (Å²) >= 11 is 10.6. The summed E-state index contributed by atoms with van der Waals surface area (Å²) < 4.78 is 51.5. The zero-order valence-electron chi connectivity index (χ0n) is 32.5. The van der Waals surface area contributed by atoms with Crippen molar-refractivity contribution in [2.45, 2.75) is 102 Å². The second kappa shape index (κ2) is 23.3. The maximum Gasteiger partial charge on any atom is 0.330 e. The minimum atomic E-state index is -3.65. The first-order chi connectivity index (χ1) is 27.0. The van der Waals surface area contributed by atoms with E-state index in [1.54, 1.807) is 0 Å². The van der Waals surface area contributed by atoms with E-state index in [9.17, 15) is 33.7 Å². The van der Waals surface area contributed by atoms with Gasteiger partial charge in [-0.15, -0.1) is 0 Å². The number of unbranched alkanes of at least 4 members (excludes halogenated alkanes) is 1. The van der Waals surface area contributed by atoms with Crippen molar-refractivity contribution in [2.75, 3.05) is 47.1 Å². The number of carbonyl (C=O) groups excluding carboxylic acids is 4. The van der Waals surface area contributed by atoms with Gasteiger partial charge < -0.3 is 63.0 Å². The Kier molecular flexibility index (Phi) is 19.6. The monoisotopic (exact) mass is 869 g/mol. The summed E-state index contributed by atoms with van der Waals surface area (Å²) in [5.74, 6) is -3.05. The summed E-state index contributed by atoms with van der Waals surface area (Å²) in [6.45, 7) is 1.83. The average molecular weight is 870 g/mol. The number of aromatic nitrogens is 2. The molecule has 0 aliphatic carbocycles. The quantitative estimate of drug-likeness (QED) is 0.0347. The first-order valence-corrected chi connectivity index (χ1v) is 21.0. The zero-order valence-corrected chi connectivity index (χ0v) is 35.0. The van der Waals surface area contributed by atoms with Crippen molar-refractivity contribution in [1.82, 2.24) is 25.5 Å². The number of ether oxygens (including phenoxy) is 7. The maximum absolute atomic E-state index is 12.7. The van der Waals surface area contributed by atoms with Crippen molar-refractivity contribution in [3.05, 3.63) is 33.1 Å². The molecule has 21 nitrogen and oxygen atoms in total. The van der Waals surface area contributed by atoms with Crippen LogP contribution in [0, 0.1) is 5.92 Å². The van der Waals surface area contributed by atoms with Crippen LogP contribution < -0.4 is 27.2 Å². The Morgan fingerprint density at radius 1 is 0.912 bits per heavy atom. The van der Waals surface area contributed by atoms with Gasteiger partial charge in [0.2, 0.25) is 5.91 Å². The smallest absolute Gasteiger partial charge is 0.330 e. The number of H-pyrrole nitrogens is 1. The first-order valence-electron chi connectivity index (χ1n) is 18.0. The van der Waals surface area contributed by atoms with Crippen molar-refractivity contribution in [2.24, 2.45) is 5.92 Å². The summed E-state index contributed by atoms with van der Waals surface area (Å²) in [4.78, 5) is 84.9. The molecule has 1 amide bonds. The van der Waals surface area contributed by atoms with Crippen molar-refractivity contribution in [3.63, 3.8) is 0 Å². The zero-order chi connectivity index (χ0) is 42.3. The number of carbonyl (C=O) groups is 4. The van der Waals surface area contributed by atoms with Crippen molar-refractivity contribution in [1.29, 1.82) is 0 Å². The molecule has 1 aromatic rings. The molecule has 3 rings (SSSR count). The maximum atomic E-state index is 12.7. The molecular formula is C33H52N5O16PS2. The van der Waals surface area contributed by atoms with Gasteiger partial charge >= 0.3 is 30.3 Å². The summed E-state index contributed by atoms with van der Waals surface area (Å²) in [5.41, 5.74) is -1.25. The highest BCUT2D eigenvalue weighted by Gasteiger charge is 2.51. The van der Waals surface area contributed by atoms with E-state index in [1.165, 1.54) is 44.9 Å². The van der Waals surface area contributed by atoms with Crippen LogP contribution in [0.4, 0.5) is 0 Å². The standard InChI is InChI=1S/C33H52N5O16PS2/c1-18(39)36-26-29(51-21(4)42)28(50-20(3)41)24(17-49-19(2)40)53-31(26)48-15-8-7-12-34-32(56)35-13-9-10-22-27(54-55(45,57)47-6)23(16-46-5)52-30(22)38-14-11-25(43)37-33(38)44/h11,14,22-24,26-31H,7-10,12-13,15-17H2,1-6H3,(H,36,39)(H,45,57)(H2,34,35,56)(H,37,43,44)/t22?,23-,24-,26-,27-,28+,29-,30-,31-,55?/m1/s1. The average Bonchev–Trinajstić information content (AvgIpc) is 3.44. The van der Waals surface area contributed by atoms with Crippen LogP contribution in [0.3, 0.4) is 0 Å². The van der Waals surface area contributed by atoms with Gasteiger partial charge in [0.25, 0.3) is 5.56 Å². The molecule has 0 bridgehead atoms. The van der Waals surface area contributed by atoms with Gasteiger partial charge in [0.15, 0.2) is 23.6 Å². The van der Waals surface area contributed by atoms with Crippen LogP contribution in [0.5, 0.6) is 0 Å². The highest BCUT2D eigenvalue weighted by atomic mass is 32.5. The number of methoxy groups -OCH3 is 1. The minimum absolute atomic E-state index is 0.0671. The largest absolute Gasteiger partial charge is 0.463 e. The number of aromatic amines is 1. The fourth-order valence-electron chi connectivity index (χ4n) is 6.31. The lowest BCUT2D eigenvalue weighted by atomic mass is 9.94. The Morgan fingerprint density at radius 3 is 2.16 bits per heavy atom. The summed E-state index contributed by atoms with van der Waals surface area (Å²) in [7, 11) is 2.70. The van der Waals surface area contributed by atoms with Crippen LogP contribution in [0.1, 0.15) is 59.6 Å². The van der Waals surface area contributed by atoms with E-state index in [2.05, 4.69) is 20.9 Å². The molecule has 2 aliphatic rings. The SMILES string of the molecule is COC[C@H]1O[C@@H](n2ccc(=O)[nH]c2=O)C(CCCNC(=S)NCCCCO[C@@H]2O[C@H](COC(C)=O)[C@H](OC(C)=O)[C@H](OC(C)=O)[C@H]2NC(C)=O)[C@H]1OP(O)(=S)OC. The summed E-state index contributed by atoms with van der Waals surface area (Å²) in [6, 6.07) is 0.129. The number of nitrogens with one attached hydrogen (secondary N) is 4. The molecule has 2 aliphatic heterocycles. The van der Waals surface area contributed by atoms with Gasteiger partial charge in [-0.25, -0.2) is 4.79 Å². The van der Waals surface area contributed by atoms with E-state index in [0.717, 1.165) is 13.8 Å². The van der Waals surface area contributed by atoms with Gasteiger partial charge in [-0.3, -0.25) is 33.5 Å². The molecule has 2 unspecified atom stereocenters. The Balaban J connectivity index is 1.55. The molecule has 2 fully saturated rings. The van der Waals surface area contributed by atoms with Gasteiger partial charge in [-0.2, -0.15) is 0 Å². The van der Waals surface area contributed by atoms with Gasteiger partial charge in [0.1, 0.15) is 37.2 Å². The first kappa shape index (κ1) is 48.0. The molecule has 0 saturated carbocycles. The summed E-state index contributed by atoms with van der Waals surface area (Å²) in [5, 5.41) is 9.26. The minimum Gasteiger partial charge on any atom is -0.463 e. The highest BCUT2D eigenvalue weighted by molar-refractivity contribution is 8.07. The third kappa shape index (κ3) is 15.4. The van der Waals surface area contributed by atoms with Crippen molar-refractivity contribution >= 4 is 59.7 Å². The molecule has 3 heterocycles. The highest BCUT2D eigenvalue weighted by Crippen LogP contribution is 2.50. The number of hydrogen-bond acceptors (Lipinski definition) is 17. The number of esters is 3. The molecule has 0 aromatic carbocycles. The van der Waals surface area contributed by atoms with Gasteiger partial charge in [0, 0.05) is 79.8 Å². The predicted molar refractivity (Wildman–Crippen MR) is 206 cm³/mol. The Bertz CT molecular complexity index is 1700. The van der Waals surface area contributed by atoms with E-state index in [4.69, 9.17) is 66.2 Å². The second-order valence-electron chi connectivity index (χ2n) is 13.0. The van der Waals surface area contributed by atoms with Crippen LogP contribution in [-0.4, -0.2) is 133 Å². The second-order valence-corrected chi connectivity index (χ2v) is 16.4. The molecule has 0 spiro atoms. The van der Waals surface area contributed by atoms with Crippen LogP contribution in [0.15, 0.2) is 21.9 Å². The number of hydrogen-bond donors (Lipinski definition) is 5. The van der Waals surface area contributed by atoms with E-state index in [0.29, 0.717) is 43.9 Å². The lowest BCUT2D eigenvalue weighted by molar-refractivity contribution is -0.277. The molecule has 322 valence electrons. The molecule has 10 atom stereocenters. The third-order valence-corrected chi connectivity index (χ3v) is 10.6. The van der Waals surface area contributed by atoms with E-state index < -0.39 is 96.8 Å². The predicted octanol–water partition coefficient (Wildman–Crippen LogP) is -0.358. The molecule has 57 heavy (non-hydrogen) atoms. The number of amides is 1. The van der Waals surface area contributed by atoms with Crippen LogP contribution in [0.2, 0.25) is 0 Å². The lowest BCUT2D eigenvalue weighted by Crippen LogP contribution is -2.66. The molecular weight excluding hydrogens is 817 g/mol. The van der Waals surface area contributed by atoms with Gasteiger partial charge in [-0.1, -0.05) is 0 Å². The topological polar surface area (TPSA) is 263 Å². The molecule has 5 N–H and O–H groups in total. The Labute approximate surface area is 339 Å². The van der Waals surface area contributed by atoms with Gasteiger partial charge in [0.05, 0.1) is 6.61 Å². The molecule has 2 saturated heterocycles. The van der Waals surface area contributed by atoms with E-state index >= 15 is 0 Å². The van der Waals surface area contributed by atoms with Crippen molar-refractivity contribution < 1.29 is 66.3 Å². The van der Waals surface area contributed by atoms with Crippen LogP contribution >= 0.6 is 18.9 Å². The van der Waals surface area contributed by atoms with E-state index in [1.807, 2.05) is 0 Å². The number of thiocarbonyl (C=S) groups is 1. The number of rotatable bonds is 21. The lowest BCUT2D eigenvalue weighted by Gasteiger charge is -2.44. The molecule has 1 aromatic heterocycles. The normalized spacial score (nSPS) is 26.8. The van der Waals surface area contributed by atoms with Crippen molar-refractivity contribution in [3.8, 4) is 0 Å². The fourth-order valence-corrected chi connectivity index (χ4v) is 7.49. The van der Waals surface area contributed by atoms with Crippen LogP contribution in [-0.2, 0) is 73.2 Å². The number of nitrogens with zero attached hydrogens (tertiary/aromatic N) is 1. The molecule has 0 radical (unpaired) electrons. The fraction of sp³-hybridized carbons (Fsp3) is 0.727. The van der Waals surface area contributed by atoms with Crippen LogP contribution in [0.25, 0.3) is 0 Å².